The molecule has 1 atom stereocenters. The summed E-state index contributed by atoms with van der Waals surface area (Å²) < 4.78 is 14.9. The predicted molar refractivity (Wildman–Crippen MR) is 107 cm³/mol. The van der Waals surface area contributed by atoms with Gasteiger partial charge in [-0.2, -0.15) is 0 Å². The minimum Gasteiger partial charge on any atom is -0.394 e. The first-order chi connectivity index (χ1) is 12.5. The molecule has 0 spiro atoms. The van der Waals surface area contributed by atoms with Crippen molar-refractivity contribution in [3.63, 3.8) is 0 Å². The van der Waals surface area contributed by atoms with Gasteiger partial charge in [0.05, 0.1) is 24.0 Å². The van der Waals surface area contributed by atoms with Gasteiger partial charge in [0, 0.05) is 21.7 Å². The van der Waals surface area contributed by atoms with Crippen LogP contribution in [-0.4, -0.2) is 40.4 Å². The molecule has 3 rings (SSSR count). The fourth-order valence-corrected chi connectivity index (χ4v) is 3.83. The molecule has 9 heteroatoms. The van der Waals surface area contributed by atoms with Crippen molar-refractivity contribution in [3.05, 3.63) is 51.5 Å². The molecular formula is C17H15FIN3O3S. The number of hydrogen-bond acceptors (Lipinski definition) is 6. The number of anilines is 2. The topological polar surface area (TPSA) is 94.5 Å². The highest BCUT2D eigenvalue weighted by atomic mass is 127. The molecule has 0 bridgehead atoms. The van der Waals surface area contributed by atoms with E-state index in [4.69, 9.17) is 5.11 Å². The van der Waals surface area contributed by atoms with Crippen LogP contribution in [0.3, 0.4) is 0 Å². The van der Waals surface area contributed by atoms with E-state index in [2.05, 4.69) is 15.6 Å². The molecular weight excluding hydrogens is 472 g/mol. The third-order valence-electron chi connectivity index (χ3n) is 3.58. The van der Waals surface area contributed by atoms with E-state index in [1.807, 2.05) is 22.6 Å². The number of benzene rings is 1. The smallest absolute Gasteiger partial charge is 0.255 e. The fourth-order valence-electron chi connectivity index (χ4n) is 2.32. The monoisotopic (exact) mass is 487 g/mol. The van der Waals surface area contributed by atoms with E-state index >= 15 is 0 Å². The molecule has 1 amide bonds. The van der Waals surface area contributed by atoms with Gasteiger partial charge in [-0.25, -0.2) is 9.37 Å². The number of carbonyl (C=O) groups is 1. The van der Waals surface area contributed by atoms with Gasteiger partial charge >= 0.3 is 0 Å². The Morgan fingerprint density at radius 2 is 2.19 bits per heavy atom. The maximum Gasteiger partial charge on any atom is 0.255 e. The zero-order chi connectivity index (χ0) is 18.7. The standard InChI is InChI=1S/C17H15FIN3O3S/c18-12-6-9(19)3-4-13(12)22-17-14(15(25)21-7-10(24)8-23)11-2-1-5-20-16(11)26-17/h1-6,10,22-24H,7-8H2,(H,21,25)/t10-/m0/s1. The maximum absolute atomic E-state index is 14.2. The second-order valence-electron chi connectivity index (χ2n) is 5.46. The highest BCUT2D eigenvalue weighted by Crippen LogP contribution is 2.36. The van der Waals surface area contributed by atoms with Crippen molar-refractivity contribution >= 4 is 60.7 Å². The summed E-state index contributed by atoms with van der Waals surface area (Å²) in [6, 6.07) is 8.22. The maximum atomic E-state index is 14.2. The molecule has 1 aromatic carbocycles. The van der Waals surface area contributed by atoms with Crippen molar-refractivity contribution in [1.82, 2.24) is 10.3 Å². The summed E-state index contributed by atoms with van der Waals surface area (Å²) in [5.74, 6) is -0.866. The van der Waals surface area contributed by atoms with Gasteiger partial charge in [-0.05, 0) is 52.9 Å². The molecule has 2 aromatic heterocycles. The Bertz CT molecular complexity index is 950. The number of aliphatic hydroxyl groups is 2. The lowest BCUT2D eigenvalue weighted by Crippen LogP contribution is -2.34. The minimum atomic E-state index is -1.05. The number of pyridine rings is 1. The average Bonchev–Trinajstić information content (AvgIpc) is 2.99. The molecule has 3 aromatic rings. The number of halogens is 2. The van der Waals surface area contributed by atoms with Gasteiger partial charge in [0.1, 0.15) is 15.6 Å². The number of carbonyl (C=O) groups excluding carboxylic acids is 1. The van der Waals surface area contributed by atoms with E-state index in [1.54, 1.807) is 30.5 Å². The highest BCUT2D eigenvalue weighted by Gasteiger charge is 2.21. The number of nitrogens with one attached hydrogen (secondary N) is 2. The Kier molecular flexibility index (Phi) is 6.01. The van der Waals surface area contributed by atoms with E-state index in [1.165, 1.54) is 17.4 Å². The number of aliphatic hydroxyl groups excluding tert-OH is 2. The van der Waals surface area contributed by atoms with Gasteiger partial charge in [-0.1, -0.05) is 11.3 Å². The fraction of sp³-hybridized carbons (Fsp3) is 0.176. The van der Waals surface area contributed by atoms with Crippen LogP contribution in [0.25, 0.3) is 10.2 Å². The van der Waals surface area contributed by atoms with Crippen LogP contribution < -0.4 is 10.6 Å². The van der Waals surface area contributed by atoms with E-state index < -0.39 is 24.4 Å². The second-order valence-corrected chi connectivity index (χ2v) is 7.70. The Hall–Kier alpha value is -1.82. The zero-order valence-corrected chi connectivity index (χ0v) is 16.3. The lowest BCUT2D eigenvalue weighted by Gasteiger charge is -2.11. The summed E-state index contributed by atoms with van der Waals surface area (Å²) in [4.78, 5) is 17.5. The Morgan fingerprint density at radius 3 is 2.92 bits per heavy atom. The number of amides is 1. The quantitative estimate of drug-likeness (QED) is 0.402. The molecule has 6 nitrogen and oxygen atoms in total. The molecule has 136 valence electrons. The SMILES string of the molecule is O=C(NC[C@H](O)CO)c1c(Nc2ccc(I)cc2F)sc2ncccc12. The molecule has 0 saturated heterocycles. The first-order valence-electron chi connectivity index (χ1n) is 7.66. The summed E-state index contributed by atoms with van der Waals surface area (Å²) in [5, 5.41) is 25.0. The lowest BCUT2D eigenvalue weighted by atomic mass is 10.2. The minimum absolute atomic E-state index is 0.0930. The lowest BCUT2D eigenvalue weighted by molar-refractivity contribution is 0.0803. The highest BCUT2D eigenvalue weighted by molar-refractivity contribution is 14.1. The molecule has 0 aliphatic rings. The van der Waals surface area contributed by atoms with Gasteiger partial charge < -0.3 is 20.8 Å². The summed E-state index contributed by atoms with van der Waals surface area (Å²) in [6.45, 7) is -0.546. The van der Waals surface area contributed by atoms with Crippen LogP contribution >= 0.6 is 33.9 Å². The van der Waals surface area contributed by atoms with E-state index in [0.29, 0.717) is 20.8 Å². The first kappa shape index (κ1) is 19.0. The molecule has 0 aliphatic heterocycles. The van der Waals surface area contributed by atoms with Crippen LogP contribution in [-0.2, 0) is 0 Å². The zero-order valence-electron chi connectivity index (χ0n) is 13.4. The Labute approximate surface area is 166 Å². The van der Waals surface area contributed by atoms with Gasteiger partial charge in [-0.3, -0.25) is 4.79 Å². The van der Waals surface area contributed by atoms with E-state index in [-0.39, 0.29) is 12.2 Å². The van der Waals surface area contributed by atoms with Crippen molar-refractivity contribution in [1.29, 1.82) is 0 Å². The largest absolute Gasteiger partial charge is 0.394 e. The number of rotatable bonds is 6. The predicted octanol–water partition coefficient (Wildman–Crippen LogP) is 2.87. The number of nitrogens with zero attached hydrogens (tertiary/aromatic N) is 1. The van der Waals surface area contributed by atoms with Crippen LogP contribution in [0, 0.1) is 9.39 Å². The third-order valence-corrected chi connectivity index (χ3v) is 5.28. The number of hydrogen-bond donors (Lipinski definition) is 4. The van der Waals surface area contributed by atoms with E-state index in [9.17, 15) is 14.3 Å². The van der Waals surface area contributed by atoms with Crippen molar-refractivity contribution in [2.45, 2.75) is 6.10 Å². The second kappa shape index (κ2) is 8.25. The molecule has 0 saturated carbocycles. The number of fused-ring (bicyclic) bond motifs is 1. The molecule has 0 aliphatic carbocycles. The van der Waals surface area contributed by atoms with Crippen LogP contribution in [0.1, 0.15) is 10.4 Å². The molecule has 4 N–H and O–H groups in total. The molecule has 0 unspecified atom stereocenters. The molecule has 2 heterocycles. The molecule has 26 heavy (non-hydrogen) atoms. The van der Waals surface area contributed by atoms with Gasteiger partial charge in [0.2, 0.25) is 0 Å². The van der Waals surface area contributed by atoms with Crippen LogP contribution in [0.2, 0.25) is 0 Å². The summed E-state index contributed by atoms with van der Waals surface area (Å²) >= 11 is 3.26. The van der Waals surface area contributed by atoms with Crippen molar-refractivity contribution < 1.29 is 19.4 Å². The van der Waals surface area contributed by atoms with Crippen LogP contribution in [0.15, 0.2) is 36.5 Å². The van der Waals surface area contributed by atoms with Crippen molar-refractivity contribution in [2.24, 2.45) is 0 Å². The first-order valence-corrected chi connectivity index (χ1v) is 9.56. The van der Waals surface area contributed by atoms with Gasteiger partial charge in [-0.15, -0.1) is 0 Å². The van der Waals surface area contributed by atoms with Crippen LogP contribution in [0.4, 0.5) is 15.1 Å². The Morgan fingerprint density at radius 1 is 1.38 bits per heavy atom. The number of aromatic nitrogens is 1. The molecule has 0 radical (unpaired) electrons. The molecule has 0 fully saturated rings. The summed E-state index contributed by atoms with van der Waals surface area (Å²) in [5.41, 5.74) is 0.572. The van der Waals surface area contributed by atoms with Crippen LogP contribution in [0.5, 0.6) is 0 Å². The van der Waals surface area contributed by atoms with Crippen molar-refractivity contribution in [3.8, 4) is 0 Å². The van der Waals surface area contributed by atoms with Gasteiger partial charge in [0.25, 0.3) is 5.91 Å². The summed E-state index contributed by atoms with van der Waals surface area (Å²) in [7, 11) is 0. The van der Waals surface area contributed by atoms with Crippen molar-refractivity contribution in [2.75, 3.05) is 18.5 Å². The average molecular weight is 487 g/mol. The Balaban J connectivity index is 1.97. The third kappa shape index (κ3) is 4.11. The number of thiophene rings is 1. The summed E-state index contributed by atoms with van der Waals surface area (Å²) in [6.07, 6.45) is 0.567. The van der Waals surface area contributed by atoms with Gasteiger partial charge in [0.15, 0.2) is 0 Å². The normalized spacial score (nSPS) is 12.2. The van der Waals surface area contributed by atoms with E-state index in [0.717, 1.165) is 3.57 Å².